The Morgan fingerprint density at radius 2 is 1.78 bits per heavy atom. The third-order valence-corrected chi connectivity index (χ3v) is 4.55. The fourth-order valence-corrected chi connectivity index (χ4v) is 3.15. The van der Waals surface area contributed by atoms with Crippen molar-refractivity contribution < 1.29 is 0 Å². The topological polar surface area (TPSA) is 28.2 Å². The predicted molar refractivity (Wildman–Crippen MR) is 98.0 cm³/mol. The number of hydrogen-bond donors (Lipinski definition) is 1. The molecule has 0 unspecified atom stereocenters. The lowest BCUT2D eigenvalue weighted by Gasteiger charge is -2.29. The van der Waals surface area contributed by atoms with Gasteiger partial charge in [-0.25, -0.2) is 0 Å². The normalized spacial score (nSPS) is 14.9. The number of anilines is 1. The number of pyridine rings is 1. The van der Waals surface area contributed by atoms with Gasteiger partial charge in [0.05, 0.1) is 0 Å². The maximum atomic E-state index is 4.43. The Labute approximate surface area is 139 Å². The van der Waals surface area contributed by atoms with Gasteiger partial charge in [0.1, 0.15) is 0 Å². The van der Waals surface area contributed by atoms with Crippen molar-refractivity contribution in [2.45, 2.75) is 32.6 Å². The number of aryl methyl sites for hydroxylation is 1. The summed E-state index contributed by atoms with van der Waals surface area (Å²) in [7, 11) is 0. The summed E-state index contributed by atoms with van der Waals surface area (Å²) in [6.45, 7) is 6.58. The lowest BCUT2D eigenvalue weighted by molar-refractivity contribution is 0.589. The molecule has 122 valence electrons. The van der Waals surface area contributed by atoms with Crippen molar-refractivity contribution in [2.75, 3.05) is 31.1 Å². The summed E-state index contributed by atoms with van der Waals surface area (Å²) in [5, 5.41) is 3.40. The summed E-state index contributed by atoms with van der Waals surface area (Å²) in [4.78, 5) is 6.88. The number of nitrogens with zero attached hydrogens (tertiary/aromatic N) is 2. The van der Waals surface area contributed by atoms with Gasteiger partial charge in [-0.05, 0) is 42.2 Å². The Morgan fingerprint density at radius 3 is 2.52 bits per heavy atom. The van der Waals surface area contributed by atoms with Gasteiger partial charge in [-0.1, -0.05) is 31.9 Å². The van der Waals surface area contributed by atoms with Crippen LogP contribution in [0.5, 0.6) is 0 Å². The SMILES string of the molecule is CCCCCc1cncc(-c2ccc(N3CCNCC3)cc2)c1. The van der Waals surface area contributed by atoms with Crippen LogP contribution in [0.15, 0.2) is 42.7 Å². The second-order valence-corrected chi connectivity index (χ2v) is 6.32. The van der Waals surface area contributed by atoms with Gasteiger partial charge in [0.2, 0.25) is 0 Å². The van der Waals surface area contributed by atoms with Gasteiger partial charge >= 0.3 is 0 Å². The summed E-state index contributed by atoms with van der Waals surface area (Å²) in [6.07, 6.45) is 8.93. The van der Waals surface area contributed by atoms with Gasteiger partial charge in [-0.3, -0.25) is 4.98 Å². The van der Waals surface area contributed by atoms with Crippen LogP contribution in [0.2, 0.25) is 0 Å². The molecular weight excluding hydrogens is 282 g/mol. The number of nitrogens with one attached hydrogen (secondary N) is 1. The summed E-state index contributed by atoms with van der Waals surface area (Å²) in [5.41, 5.74) is 5.16. The van der Waals surface area contributed by atoms with E-state index in [1.165, 1.54) is 41.6 Å². The molecule has 0 bridgehead atoms. The zero-order chi connectivity index (χ0) is 15.9. The molecule has 0 aliphatic carbocycles. The minimum absolute atomic E-state index is 1.07. The van der Waals surface area contributed by atoms with Crippen LogP contribution in [0.1, 0.15) is 31.7 Å². The molecule has 2 heterocycles. The average Bonchev–Trinajstić information content (AvgIpc) is 2.63. The summed E-state index contributed by atoms with van der Waals surface area (Å²) in [6, 6.07) is 11.2. The van der Waals surface area contributed by atoms with Crippen molar-refractivity contribution in [1.82, 2.24) is 10.3 Å². The van der Waals surface area contributed by atoms with E-state index in [2.05, 4.69) is 52.5 Å². The molecule has 0 radical (unpaired) electrons. The van der Waals surface area contributed by atoms with Gasteiger partial charge in [0.25, 0.3) is 0 Å². The van der Waals surface area contributed by atoms with Gasteiger partial charge in [-0.2, -0.15) is 0 Å². The monoisotopic (exact) mass is 309 g/mol. The number of benzene rings is 1. The van der Waals surface area contributed by atoms with E-state index < -0.39 is 0 Å². The first-order chi connectivity index (χ1) is 11.4. The van der Waals surface area contributed by atoms with E-state index in [0.717, 1.165) is 32.6 Å². The molecule has 2 aromatic rings. The molecule has 0 atom stereocenters. The molecule has 0 spiro atoms. The quantitative estimate of drug-likeness (QED) is 0.821. The summed E-state index contributed by atoms with van der Waals surface area (Å²) >= 11 is 0. The van der Waals surface area contributed by atoms with Gasteiger partial charge in [0, 0.05) is 49.8 Å². The maximum Gasteiger partial charge on any atom is 0.0367 e. The van der Waals surface area contributed by atoms with Crippen LogP contribution in [-0.2, 0) is 6.42 Å². The Kier molecular flexibility index (Phi) is 5.65. The Morgan fingerprint density at radius 1 is 1.00 bits per heavy atom. The van der Waals surface area contributed by atoms with Crippen molar-refractivity contribution in [1.29, 1.82) is 0 Å². The molecule has 3 nitrogen and oxygen atoms in total. The third-order valence-electron chi connectivity index (χ3n) is 4.55. The fourth-order valence-electron chi connectivity index (χ4n) is 3.15. The average molecular weight is 309 g/mol. The molecule has 1 aromatic heterocycles. The minimum atomic E-state index is 1.07. The highest BCUT2D eigenvalue weighted by Gasteiger charge is 2.10. The van der Waals surface area contributed by atoms with E-state index in [9.17, 15) is 0 Å². The predicted octanol–water partition coefficient (Wildman–Crippen LogP) is 3.89. The third kappa shape index (κ3) is 4.32. The van der Waals surface area contributed by atoms with E-state index in [0.29, 0.717) is 0 Å². The molecule has 0 amide bonds. The van der Waals surface area contributed by atoms with E-state index in [-0.39, 0.29) is 0 Å². The van der Waals surface area contributed by atoms with Crippen LogP contribution in [-0.4, -0.2) is 31.2 Å². The van der Waals surface area contributed by atoms with Crippen LogP contribution in [0.3, 0.4) is 0 Å². The van der Waals surface area contributed by atoms with E-state index >= 15 is 0 Å². The van der Waals surface area contributed by atoms with E-state index in [1.807, 2.05) is 12.4 Å². The van der Waals surface area contributed by atoms with Crippen molar-refractivity contribution in [2.24, 2.45) is 0 Å². The number of piperazine rings is 1. The maximum absolute atomic E-state index is 4.43. The largest absolute Gasteiger partial charge is 0.369 e. The molecular formula is C20H27N3. The van der Waals surface area contributed by atoms with Crippen molar-refractivity contribution in [3.63, 3.8) is 0 Å². The lowest BCUT2D eigenvalue weighted by Crippen LogP contribution is -2.43. The molecule has 3 heteroatoms. The van der Waals surface area contributed by atoms with Crippen LogP contribution >= 0.6 is 0 Å². The summed E-state index contributed by atoms with van der Waals surface area (Å²) in [5.74, 6) is 0. The van der Waals surface area contributed by atoms with Crippen LogP contribution in [0.25, 0.3) is 11.1 Å². The van der Waals surface area contributed by atoms with E-state index in [1.54, 1.807) is 0 Å². The van der Waals surface area contributed by atoms with Crippen LogP contribution in [0, 0.1) is 0 Å². The van der Waals surface area contributed by atoms with Crippen LogP contribution < -0.4 is 10.2 Å². The van der Waals surface area contributed by atoms with Gasteiger partial charge < -0.3 is 10.2 Å². The molecule has 1 aromatic carbocycles. The zero-order valence-electron chi connectivity index (χ0n) is 14.1. The fraction of sp³-hybridized carbons (Fsp3) is 0.450. The molecule has 1 N–H and O–H groups in total. The molecule has 1 saturated heterocycles. The highest BCUT2D eigenvalue weighted by molar-refractivity contribution is 5.66. The molecule has 23 heavy (non-hydrogen) atoms. The second-order valence-electron chi connectivity index (χ2n) is 6.32. The Bertz CT molecular complexity index is 601. The molecule has 0 saturated carbocycles. The smallest absolute Gasteiger partial charge is 0.0367 e. The second kappa shape index (κ2) is 8.11. The Hall–Kier alpha value is -1.87. The molecule has 1 aliphatic rings. The number of aromatic nitrogens is 1. The summed E-state index contributed by atoms with van der Waals surface area (Å²) < 4.78 is 0. The van der Waals surface area contributed by atoms with Crippen molar-refractivity contribution >= 4 is 5.69 Å². The number of rotatable bonds is 6. The lowest BCUT2D eigenvalue weighted by atomic mass is 10.0. The van der Waals surface area contributed by atoms with Crippen molar-refractivity contribution in [3.8, 4) is 11.1 Å². The van der Waals surface area contributed by atoms with Gasteiger partial charge in [0.15, 0.2) is 0 Å². The first-order valence-electron chi connectivity index (χ1n) is 8.87. The highest BCUT2D eigenvalue weighted by Crippen LogP contribution is 2.24. The van der Waals surface area contributed by atoms with Crippen LogP contribution in [0.4, 0.5) is 5.69 Å². The van der Waals surface area contributed by atoms with Gasteiger partial charge in [-0.15, -0.1) is 0 Å². The first kappa shape index (κ1) is 16.0. The number of unbranched alkanes of at least 4 members (excludes halogenated alkanes) is 2. The first-order valence-corrected chi connectivity index (χ1v) is 8.87. The standard InChI is InChI=1S/C20H27N3/c1-2-3-4-5-17-14-19(16-22-15-17)18-6-8-20(9-7-18)23-12-10-21-11-13-23/h6-9,14-16,21H,2-5,10-13H2,1H3. The molecule has 1 fully saturated rings. The van der Waals surface area contributed by atoms with Crippen molar-refractivity contribution in [3.05, 3.63) is 48.3 Å². The van der Waals surface area contributed by atoms with E-state index in [4.69, 9.17) is 0 Å². The number of hydrogen-bond acceptors (Lipinski definition) is 3. The molecule has 1 aliphatic heterocycles. The highest BCUT2D eigenvalue weighted by atomic mass is 15.2. The minimum Gasteiger partial charge on any atom is -0.369 e. The zero-order valence-corrected chi connectivity index (χ0v) is 14.1. The molecule has 3 rings (SSSR count). The Balaban J connectivity index is 1.70.